The van der Waals surface area contributed by atoms with Crippen LogP contribution in [-0.2, 0) is 11.2 Å². The highest BCUT2D eigenvalue weighted by molar-refractivity contribution is 8.01. The fourth-order valence-corrected chi connectivity index (χ4v) is 3.86. The molecule has 2 aromatic rings. The monoisotopic (exact) mass is 342 g/mol. The van der Waals surface area contributed by atoms with Gasteiger partial charge in [0.25, 0.3) is 0 Å². The first-order valence-electron chi connectivity index (χ1n) is 6.30. The van der Waals surface area contributed by atoms with Crippen LogP contribution in [0, 0.1) is 6.92 Å². The number of thioether (sulfide) groups is 1. The van der Waals surface area contributed by atoms with Gasteiger partial charge in [-0.1, -0.05) is 23.4 Å². The SMILES string of the molecule is Cc1nc(SCCOc2ccc(Cl)cc2)sc1CC(N)=O. The van der Waals surface area contributed by atoms with E-state index >= 15 is 0 Å². The molecule has 1 aromatic carbocycles. The maximum atomic E-state index is 10.9. The van der Waals surface area contributed by atoms with Gasteiger partial charge in [-0.3, -0.25) is 4.79 Å². The van der Waals surface area contributed by atoms with Crippen molar-refractivity contribution in [3.05, 3.63) is 39.9 Å². The molecule has 21 heavy (non-hydrogen) atoms. The summed E-state index contributed by atoms with van der Waals surface area (Å²) in [5.74, 6) is 1.25. The second-order valence-electron chi connectivity index (χ2n) is 4.28. The van der Waals surface area contributed by atoms with Crippen LogP contribution in [0.25, 0.3) is 0 Å². The Morgan fingerprint density at radius 2 is 2.14 bits per heavy atom. The van der Waals surface area contributed by atoms with E-state index in [4.69, 9.17) is 22.1 Å². The Morgan fingerprint density at radius 1 is 1.43 bits per heavy atom. The average molecular weight is 343 g/mol. The van der Waals surface area contributed by atoms with Crippen molar-refractivity contribution in [2.24, 2.45) is 5.73 Å². The number of carbonyl (C=O) groups is 1. The van der Waals surface area contributed by atoms with E-state index in [-0.39, 0.29) is 12.3 Å². The highest BCUT2D eigenvalue weighted by Gasteiger charge is 2.10. The number of thiazole rings is 1. The third-order valence-electron chi connectivity index (χ3n) is 2.60. The molecule has 0 aliphatic carbocycles. The second-order valence-corrected chi connectivity index (χ2v) is 7.14. The van der Waals surface area contributed by atoms with Gasteiger partial charge >= 0.3 is 0 Å². The van der Waals surface area contributed by atoms with Gasteiger partial charge in [-0.15, -0.1) is 11.3 Å². The molecule has 0 bridgehead atoms. The molecule has 1 amide bonds. The van der Waals surface area contributed by atoms with Crippen LogP contribution in [0.4, 0.5) is 0 Å². The number of hydrogen-bond acceptors (Lipinski definition) is 5. The fraction of sp³-hybridized carbons (Fsp3) is 0.286. The molecule has 0 aliphatic heterocycles. The number of primary amides is 1. The summed E-state index contributed by atoms with van der Waals surface area (Å²) in [4.78, 5) is 16.3. The quantitative estimate of drug-likeness (QED) is 0.619. The molecule has 112 valence electrons. The van der Waals surface area contributed by atoms with Crippen molar-refractivity contribution in [3.8, 4) is 5.75 Å². The Balaban J connectivity index is 1.78. The largest absolute Gasteiger partial charge is 0.493 e. The lowest BCUT2D eigenvalue weighted by Gasteiger charge is -2.04. The van der Waals surface area contributed by atoms with Crippen LogP contribution in [0.2, 0.25) is 5.02 Å². The van der Waals surface area contributed by atoms with E-state index in [1.807, 2.05) is 19.1 Å². The maximum Gasteiger partial charge on any atom is 0.222 e. The highest BCUT2D eigenvalue weighted by Crippen LogP contribution is 2.27. The topological polar surface area (TPSA) is 65.2 Å². The molecule has 1 aromatic heterocycles. The molecule has 0 saturated heterocycles. The van der Waals surface area contributed by atoms with Crippen LogP contribution >= 0.6 is 34.7 Å². The lowest BCUT2D eigenvalue weighted by atomic mass is 10.3. The number of nitrogens with zero attached hydrogens (tertiary/aromatic N) is 1. The highest BCUT2D eigenvalue weighted by atomic mass is 35.5. The van der Waals surface area contributed by atoms with Gasteiger partial charge in [0.15, 0.2) is 4.34 Å². The van der Waals surface area contributed by atoms with Crippen molar-refractivity contribution in [1.29, 1.82) is 0 Å². The first-order chi connectivity index (χ1) is 10.0. The first-order valence-corrected chi connectivity index (χ1v) is 8.48. The van der Waals surface area contributed by atoms with Gasteiger partial charge in [0.05, 0.1) is 18.7 Å². The number of carbonyl (C=O) groups excluding carboxylic acids is 1. The van der Waals surface area contributed by atoms with Crippen molar-refractivity contribution < 1.29 is 9.53 Å². The molecule has 7 heteroatoms. The smallest absolute Gasteiger partial charge is 0.222 e. The number of ether oxygens (including phenoxy) is 1. The Labute approximate surface area is 136 Å². The van der Waals surface area contributed by atoms with Crippen molar-refractivity contribution in [3.63, 3.8) is 0 Å². The number of hydrogen-bond donors (Lipinski definition) is 1. The van der Waals surface area contributed by atoms with Gasteiger partial charge in [0, 0.05) is 15.7 Å². The van der Waals surface area contributed by atoms with Gasteiger partial charge < -0.3 is 10.5 Å². The van der Waals surface area contributed by atoms with Gasteiger partial charge in [0.1, 0.15) is 5.75 Å². The normalized spacial score (nSPS) is 10.6. The summed E-state index contributed by atoms with van der Waals surface area (Å²) in [6.07, 6.45) is 0.255. The molecule has 0 fully saturated rings. The molecular weight excluding hydrogens is 328 g/mol. The van der Waals surface area contributed by atoms with Crippen LogP contribution in [0.3, 0.4) is 0 Å². The van der Waals surface area contributed by atoms with E-state index in [2.05, 4.69) is 4.98 Å². The van der Waals surface area contributed by atoms with Gasteiger partial charge in [-0.2, -0.15) is 0 Å². The third-order valence-corrected chi connectivity index (χ3v) is 5.12. The van der Waals surface area contributed by atoms with Crippen molar-refractivity contribution in [1.82, 2.24) is 4.98 Å². The van der Waals surface area contributed by atoms with Crippen LogP contribution in [-0.4, -0.2) is 23.3 Å². The number of benzene rings is 1. The number of aromatic nitrogens is 1. The number of nitrogens with two attached hydrogens (primary N) is 1. The van der Waals surface area contributed by atoms with E-state index in [1.165, 1.54) is 11.3 Å². The molecule has 0 saturated carbocycles. The lowest BCUT2D eigenvalue weighted by Crippen LogP contribution is -2.13. The summed E-state index contributed by atoms with van der Waals surface area (Å²) in [5, 5.41) is 0.692. The average Bonchev–Trinajstić information content (AvgIpc) is 2.76. The van der Waals surface area contributed by atoms with Gasteiger partial charge in [0.2, 0.25) is 5.91 Å². The molecule has 1 heterocycles. The number of halogens is 1. The number of aryl methyl sites for hydroxylation is 1. The van der Waals surface area contributed by atoms with E-state index < -0.39 is 0 Å². The molecule has 0 spiro atoms. The Bertz CT molecular complexity index is 614. The Morgan fingerprint density at radius 3 is 2.81 bits per heavy atom. The maximum absolute atomic E-state index is 10.9. The third kappa shape index (κ3) is 5.22. The number of rotatable bonds is 7. The Kier molecular flexibility index (Phi) is 5.90. The van der Waals surface area contributed by atoms with Crippen LogP contribution in [0.1, 0.15) is 10.6 Å². The zero-order chi connectivity index (χ0) is 15.2. The minimum absolute atomic E-state index is 0.255. The first kappa shape index (κ1) is 16.1. The molecule has 0 aliphatic rings. The van der Waals surface area contributed by atoms with Crippen LogP contribution in [0.15, 0.2) is 28.6 Å². The molecule has 2 rings (SSSR count). The summed E-state index contributed by atoms with van der Waals surface area (Å²) < 4.78 is 6.54. The van der Waals surface area contributed by atoms with Crippen molar-refractivity contribution >= 4 is 40.6 Å². The van der Waals surface area contributed by atoms with E-state index in [0.29, 0.717) is 11.6 Å². The predicted octanol–water partition coefficient (Wildman–Crippen LogP) is 3.30. The van der Waals surface area contributed by atoms with Crippen molar-refractivity contribution in [2.45, 2.75) is 17.7 Å². The predicted molar refractivity (Wildman–Crippen MR) is 87.4 cm³/mol. The number of amides is 1. The molecule has 0 unspecified atom stereocenters. The minimum atomic E-state index is -0.329. The summed E-state index contributed by atoms with van der Waals surface area (Å²) in [6.45, 7) is 2.47. The van der Waals surface area contributed by atoms with Gasteiger partial charge in [-0.05, 0) is 31.2 Å². The standard InChI is InChI=1S/C14H15ClN2O2S2/c1-9-12(8-13(16)18)21-14(17-9)20-7-6-19-11-4-2-10(15)3-5-11/h2-5H,6-8H2,1H3,(H2,16,18). The fourth-order valence-electron chi connectivity index (χ4n) is 1.60. The molecule has 0 radical (unpaired) electrons. The molecule has 2 N–H and O–H groups in total. The molecule has 4 nitrogen and oxygen atoms in total. The molecule has 0 atom stereocenters. The zero-order valence-electron chi connectivity index (χ0n) is 11.5. The summed E-state index contributed by atoms with van der Waals surface area (Å²) in [6, 6.07) is 7.27. The van der Waals surface area contributed by atoms with E-state index in [0.717, 1.165) is 26.4 Å². The summed E-state index contributed by atoms with van der Waals surface area (Å²) in [7, 11) is 0. The van der Waals surface area contributed by atoms with E-state index in [1.54, 1.807) is 23.9 Å². The lowest BCUT2D eigenvalue weighted by molar-refractivity contribution is -0.117. The Hall–Kier alpha value is -1.24. The summed E-state index contributed by atoms with van der Waals surface area (Å²) >= 11 is 8.93. The van der Waals surface area contributed by atoms with Gasteiger partial charge in [-0.25, -0.2) is 4.98 Å². The van der Waals surface area contributed by atoms with Crippen LogP contribution < -0.4 is 10.5 Å². The molecular formula is C14H15ClN2O2S2. The summed E-state index contributed by atoms with van der Waals surface area (Å²) in [5.41, 5.74) is 6.08. The van der Waals surface area contributed by atoms with E-state index in [9.17, 15) is 4.79 Å². The minimum Gasteiger partial charge on any atom is -0.493 e. The van der Waals surface area contributed by atoms with Crippen molar-refractivity contribution in [2.75, 3.05) is 12.4 Å². The van der Waals surface area contributed by atoms with Crippen LogP contribution in [0.5, 0.6) is 5.75 Å². The zero-order valence-corrected chi connectivity index (χ0v) is 13.9. The second kappa shape index (κ2) is 7.68.